The molecule has 0 aromatic heterocycles. The van der Waals surface area contributed by atoms with Crippen LogP contribution in [-0.4, -0.2) is 28.3 Å². The van der Waals surface area contributed by atoms with Gasteiger partial charge >= 0.3 is 25.4 Å². The van der Waals surface area contributed by atoms with Crippen LogP contribution in [0.1, 0.15) is 6.42 Å². The van der Waals surface area contributed by atoms with E-state index in [2.05, 4.69) is 0 Å². The van der Waals surface area contributed by atoms with Gasteiger partial charge in [-0.3, -0.25) is 4.79 Å². The molecule has 1 atom stereocenters. The van der Waals surface area contributed by atoms with Crippen LogP contribution in [0.2, 0.25) is 0 Å². The summed E-state index contributed by atoms with van der Waals surface area (Å²) in [6.45, 7) is 0. The van der Waals surface area contributed by atoms with Gasteiger partial charge in [0.15, 0.2) is 0 Å². The first-order valence-corrected chi connectivity index (χ1v) is 2.14. The summed E-state index contributed by atoms with van der Waals surface area (Å²) in [5.41, 5.74) is 0. The van der Waals surface area contributed by atoms with Crippen LogP contribution in [0.3, 0.4) is 0 Å². The van der Waals surface area contributed by atoms with Crippen molar-refractivity contribution in [2.75, 3.05) is 0 Å². The van der Waals surface area contributed by atoms with Crippen LogP contribution >= 0.6 is 0 Å². The van der Waals surface area contributed by atoms with Crippen molar-refractivity contribution in [1.29, 1.82) is 0 Å². The van der Waals surface area contributed by atoms with Crippen LogP contribution in [0.4, 0.5) is 0 Å². The van der Waals surface area contributed by atoms with Gasteiger partial charge in [0.1, 0.15) is 6.10 Å². The molecule has 0 amide bonds. The summed E-state index contributed by atoms with van der Waals surface area (Å²) in [7, 11) is 0. The van der Waals surface area contributed by atoms with Gasteiger partial charge in [-0.15, -0.1) is 0 Å². The normalized spacial score (nSPS) is 10.3. The first kappa shape index (κ1) is 16.8. The molecule has 0 aliphatic rings. The average molecular weight is 216 g/mol. The predicted molar refractivity (Wildman–Crippen MR) is 28.3 cm³/mol. The molecule has 0 spiro atoms. The fourth-order valence-electron chi connectivity index (χ4n) is 0.249. The van der Waals surface area contributed by atoms with Gasteiger partial charge in [-0.05, 0) is 0 Å². The molecular weight excluding hydrogens is 207 g/mol. The van der Waals surface area contributed by atoms with E-state index in [9.17, 15) is 14.7 Å². The monoisotopic (exact) mass is 214 g/mol. The maximum absolute atomic E-state index is 9.66. The molecule has 0 heterocycles. The van der Waals surface area contributed by atoms with E-state index in [1.54, 1.807) is 0 Å². The SMILES string of the molecule is N.O=C(O)CC(O)C(=O)[O-].[Zn+]. The van der Waals surface area contributed by atoms with Gasteiger partial charge in [0, 0.05) is 0 Å². The third kappa shape index (κ3) is 9.48. The molecule has 0 aliphatic carbocycles. The summed E-state index contributed by atoms with van der Waals surface area (Å²) in [5.74, 6) is -3.14. The number of rotatable bonds is 3. The van der Waals surface area contributed by atoms with Crippen LogP contribution < -0.4 is 11.3 Å². The molecular formula is C4H8NO5Zn. The minimum Gasteiger partial charge on any atom is -0.547 e. The molecule has 0 aliphatic heterocycles. The van der Waals surface area contributed by atoms with E-state index in [4.69, 9.17) is 10.2 Å². The third-order valence-electron chi connectivity index (χ3n) is 0.640. The van der Waals surface area contributed by atoms with E-state index in [0.717, 1.165) is 0 Å². The molecule has 1 unspecified atom stereocenters. The van der Waals surface area contributed by atoms with Gasteiger partial charge in [0.25, 0.3) is 0 Å². The number of carbonyl (C=O) groups is 2. The number of hydrogen-bond acceptors (Lipinski definition) is 5. The molecule has 0 aromatic rings. The Kier molecular flexibility index (Phi) is 11.6. The van der Waals surface area contributed by atoms with Crippen molar-refractivity contribution in [3.63, 3.8) is 0 Å². The van der Waals surface area contributed by atoms with Crippen molar-refractivity contribution in [2.45, 2.75) is 12.5 Å². The van der Waals surface area contributed by atoms with Gasteiger partial charge in [-0.1, -0.05) is 0 Å². The Labute approximate surface area is 75.6 Å². The molecule has 6 nitrogen and oxygen atoms in total. The second kappa shape index (κ2) is 7.59. The van der Waals surface area contributed by atoms with Gasteiger partial charge in [-0.2, -0.15) is 0 Å². The molecule has 0 fully saturated rings. The van der Waals surface area contributed by atoms with E-state index in [1.807, 2.05) is 0 Å². The Morgan fingerprint density at radius 3 is 1.91 bits per heavy atom. The minimum atomic E-state index is -1.90. The molecule has 0 saturated heterocycles. The number of carbonyl (C=O) groups excluding carboxylic acids is 1. The van der Waals surface area contributed by atoms with Crippen LogP contribution in [0.5, 0.6) is 0 Å². The molecule has 0 bridgehead atoms. The van der Waals surface area contributed by atoms with Gasteiger partial charge < -0.3 is 26.3 Å². The Hall–Kier alpha value is -0.517. The Bertz CT molecular complexity index is 138. The first-order valence-electron chi connectivity index (χ1n) is 2.14. The number of aliphatic hydroxyl groups is 1. The molecule has 61 valence electrons. The molecule has 1 radical (unpaired) electrons. The largest absolute Gasteiger partial charge is 1.00 e. The van der Waals surface area contributed by atoms with E-state index in [1.165, 1.54) is 0 Å². The van der Waals surface area contributed by atoms with Crippen LogP contribution in [0, 0.1) is 0 Å². The second-order valence-electron chi connectivity index (χ2n) is 1.43. The Morgan fingerprint density at radius 1 is 1.45 bits per heavy atom. The van der Waals surface area contributed by atoms with Crippen molar-refractivity contribution in [3.05, 3.63) is 0 Å². The smallest absolute Gasteiger partial charge is 0.547 e. The van der Waals surface area contributed by atoms with Crippen molar-refractivity contribution in [2.24, 2.45) is 0 Å². The summed E-state index contributed by atoms with van der Waals surface area (Å²) in [5, 5.41) is 25.7. The zero-order valence-electron chi connectivity index (χ0n) is 5.82. The van der Waals surface area contributed by atoms with Crippen LogP contribution in [0.25, 0.3) is 0 Å². The Morgan fingerprint density at radius 2 is 1.82 bits per heavy atom. The first-order chi connectivity index (χ1) is 4.04. The van der Waals surface area contributed by atoms with Crippen molar-refractivity contribution < 1.29 is 44.4 Å². The van der Waals surface area contributed by atoms with Gasteiger partial charge in [0.2, 0.25) is 0 Å². The molecule has 0 saturated carbocycles. The zero-order valence-corrected chi connectivity index (χ0v) is 8.78. The van der Waals surface area contributed by atoms with E-state index >= 15 is 0 Å². The quantitative estimate of drug-likeness (QED) is 0.455. The van der Waals surface area contributed by atoms with E-state index in [-0.39, 0.29) is 25.6 Å². The number of aliphatic carboxylic acids is 2. The second-order valence-corrected chi connectivity index (χ2v) is 1.43. The standard InChI is InChI=1S/C4H6O5.H3N.Zn/c5-2(4(8)9)1-3(6)7;;/h2,5H,1H2,(H,6,7)(H,8,9);1H3;/q;;+1/p-1. The number of hydrogen-bond donors (Lipinski definition) is 3. The van der Waals surface area contributed by atoms with Crippen molar-refractivity contribution >= 4 is 11.9 Å². The van der Waals surface area contributed by atoms with Gasteiger partial charge in [0.05, 0.1) is 12.4 Å². The van der Waals surface area contributed by atoms with Gasteiger partial charge in [-0.25, -0.2) is 0 Å². The van der Waals surface area contributed by atoms with Crippen molar-refractivity contribution in [3.8, 4) is 0 Å². The predicted octanol–water partition coefficient (Wildman–Crippen LogP) is -2.27. The molecule has 7 heteroatoms. The number of aliphatic hydroxyl groups excluding tert-OH is 1. The average Bonchev–Trinajstić information content (AvgIpc) is 1.63. The molecule has 0 aromatic carbocycles. The summed E-state index contributed by atoms with van der Waals surface area (Å²) in [6.07, 6.45) is -2.72. The molecule has 11 heavy (non-hydrogen) atoms. The summed E-state index contributed by atoms with van der Waals surface area (Å²) in [4.78, 5) is 19.3. The zero-order chi connectivity index (χ0) is 7.44. The minimum absolute atomic E-state index is 0. The molecule has 0 rings (SSSR count). The van der Waals surface area contributed by atoms with E-state index < -0.39 is 24.5 Å². The number of carboxylic acids is 2. The fraction of sp³-hybridized carbons (Fsp3) is 0.500. The van der Waals surface area contributed by atoms with E-state index in [0.29, 0.717) is 0 Å². The maximum atomic E-state index is 9.66. The summed E-state index contributed by atoms with van der Waals surface area (Å²) < 4.78 is 0. The third-order valence-corrected chi connectivity index (χ3v) is 0.640. The fourth-order valence-corrected chi connectivity index (χ4v) is 0.249. The number of carboxylic acid groups (broad SMARTS) is 2. The van der Waals surface area contributed by atoms with Crippen LogP contribution in [-0.2, 0) is 29.1 Å². The summed E-state index contributed by atoms with van der Waals surface area (Å²) >= 11 is 0. The van der Waals surface area contributed by atoms with Crippen molar-refractivity contribution in [1.82, 2.24) is 6.15 Å². The van der Waals surface area contributed by atoms with Crippen LogP contribution in [0.15, 0.2) is 0 Å². The summed E-state index contributed by atoms with van der Waals surface area (Å²) in [6, 6.07) is 0. The Balaban J connectivity index is -0.000000320. The maximum Gasteiger partial charge on any atom is 1.00 e. The topological polar surface area (TPSA) is 133 Å². The molecule has 5 N–H and O–H groups in total.